The number of nitrogens with zero attached hydrogens (tertiary/aromatic N) is 1. The van der Waals surface area contributed by atoms with Crippen LogP contribution in [-0.4, -0.2) is 15.9 Å². The lowest BCUT2D eigenvalue weighted by atomic mass is 9.77. The highest BCUT2D eigenvalue weighted by Crippen LogP contribution is 2.43. The van der Waals surface area contributed by atoms with E-state index in [2.05, 4.69) is 9.97 Å². The summed E-state index contributed by atoms with van der Waals surface area (Å²) in [4.78, 5) is 20.1. The smallest absolute Gasteiger partial charge is 0.316 e. The van der Waals surface area contributed by atoms with Gasteiger partial charge in [-0.2, -0.15) is 0 Å². The first-order chi connectivity index (χ1) is 13.4. The van der Waals surface area contributed by atoms with Crippen LogP contribution in [0.3, 0.4) is 0 Å². The quantitative estimate of drug-likeness (QED) is 0.655. The molecule has 3 aromatic rings. The molecule has 144 valence electrons. The average molecular weight is 382 g/mol. The second kappa shape index (κ2) is 7.19. The molecule has 28 heavy (non-hydrogen) atoms. The van der Waals surface area contributed by atoms with Crippen molar-refractivity contribution in [1.82, 2.24) is 9.97 Å². The van der Waals surface area contributed by atoms with Crippen LogP contribution < -0.4 is 4.74 Å². The first kappa shape index (κ1) is 18.3. The fraction of sp³-hybridized carbons (Fsp3) is 0.273. The number of fused-ring (bicyclic) bond motifs is 1. The number of carbonyl (C=O) groups excluding carboxylic acids is 1. The van der Waals surface area contributed by atoms with Crippen LogP contribution in [-0.2, 0) is 11.2 Å². The highest BCUT2D eigenvalue weighted by atomic mass is 19.1. The number of carbonyl (C=O) groups is 1. The Balaban J connectivity index is 1.75. The SMILES string of the molecule is CC(C)[C@H]1c2nc(-c3cc(F)ccc3F)[nH]c2OC(=O)[C@H]1Cc1ccccc1. The van der Waals surface area contributed by atoms with Crippen molar-refractivity contribution in [3.05, 3.63) is 71.4 Å². The highest BCUT2D eigenvalue weighted by Gasteiger charge is 2.42. The maximum atomic E-state index is 14.2. The number of halogens is 2. The lowest BCUT2D eigenvalue weighted by Gasteiger charge is -2.31. The van der Waals surface area contributed by atoms with Crippen molar-refractivity contribution in [3.8, 4) is 17.3 Å². The van der Waals surface area contributed by atoms with Crippen LogP contribution in [0.4, 0.5) is 8.78 Å². The van der Waals surface area contributed by atoms with Crippen molar-refractivity contribution in [2.45, 2.75) is 26.2 Å². The van der Waals surface area contributed by atoms with Gasteiger partial charge in [0.05, 0.1) is 11.5 Å². The Kier molecular flexibility index (Phi) is 4.71. The standard InChI is InChI=1S/C22H20F2N2O2/c1-12(2)18-16(10-13-6-4-3-5-7-13)22(27)28-21-19(18)25-20(26-21)15-11-14(23)8-9-17(15)24/h3-9,11-12,16,18H,10H2,1-2H3,(H,25,26)/t16-,18+/m0/s1. The van der Waals surface area contributed by atoms with Crippen molar-refractivity contribution < 1.29 is 18.3 Å². The summed E-state index contributed by atoms with van der Waals surface area (Å²) in [6.45, 7) is 4.03. The molecule has 1 N–H and O–H groups in total. The molecule has 2 aromatic carbocycles. The molecule has 6 heteroatoms. The fourth-order valence-corrected chi connectivity index (χ4v) is 3.85. The summed E-state index contributed by atoms with van der Waals surface area (Å²) in [6.07, 6.45) is 0.526. The van der Waals surface area contributed by atoms with Crippen LogP contribution in [0.25, 0.3) is 11.4 Å². The Morgan fingerprint density at radius 1 is 1.14 bits per heavy atom. The van der Waals surface area contributed by atoms with Gasteiger partial charge in [0.15, 0.2) is 0 Å². The largest absolute Gasteiger partial charge is 0.407 e. The summed E-state index contributed by atoms with van der Waals surface area (Å²) in [5.74, 6) is -1.63. The molecular formula is C22H20F2N2O2. The molecule has 2 heterocycles. The Hall–Kier alpha value is -3.02. The number of benzene rings is 2. The molecule has 2 atom stereocenters. The zero-order valence-electron chi connectivity index (χ0n) is 15.6. The normalized spacial score (nSPS) is 18.8. The van der Waals surface area contributed by atoms with Gasteiger partial charge in [-0.1, -0.05) is 44.2 Å². The molecule has 0 amide bonds. The Morgan fingerprint density at radius 3 is 2.61 bits per heavy atom. The van der Waals surface area contributed by atoms with E-state index in [1.807, 2.05) is 44.2 Å². The van der Waals surface area contributed by atoms with Crippen LogP contribution in [0, 0.1) is 23.5 Å². The van der Waals surface area contributed by atoms with Gasteiger partial charge in [-0.05, 0) is 36.1 Å². The van der Waals surface area contributed by atoms with E-state index >= 15 is 0 Å². The molecule has 0 radical (unpaired) electrons. The van der Waals surface area contributed by atoms with E-state index in [0.29, 0.717) is 12.1 Å². The molecule has 4 rings (SSSR count). The summed E-state index contributed by atoms with van der Waals surface area (Å²) >= 11 is 0. The lowest BCUT2D eigenvalue weighted by molar-refractivity contribution is -0.142. The van der Waals surface area contributed by atoms with E-state index in [1.165, 1.54) is 0 Å². The summed E-state index contributed by atoms with van der Waals surface area (Å²) in [7, 11) is 0. The minimum absolute atomic E-state index is 0.00700. The van der Waals surface area contributed by atoms with Crippen molar-refractivity contribution in [2.24, 2.45) is 11.8 Å². The van der Waals surface area contributed by atoms with E-state index in [0.717, 1.165) is 23.8 Å². The number of aromatic amines is 1. The second-order valence-corrected chi connectivity index (χ2v) is 7.41. The lowest BCUT2D eigenvalue weighted by Crippen LogP contribution is -2.35. The third kappa shape index (κ3) is 3.30. The minimum atomic E-state index is -0.597. The van der Waals surface area contributed by atoms with Gasteiger partial charge in [0.1, 0.15) is 23.2 Å². The summed E-state index contributed by atoms with van der Waals surface area (Å²) in [5, 5.41) is 0. The average Bonchev–Trinajstić information content (AvgIpc) is 3.07. The van der Waals surface area contributed by atoms with E-state index in [-0.39, 0.29) is 35.1 Å². The van der Waals surface area contributed by atoms with E-state index in [9.17, 15) is 13.6 Å². The maximum Gasteiger partial charge on any atom is 0.316 e. The van der Waals surface area contributed by atoms with Gasteiger partial charge < -0.3 is 9.72 Å². The molecule has 0 unspecified atom stereocenters. The molecule has 1 aliphatic heterocycles. The molecule has 0 saturated heterocycles. The summed E-state index contributed by atoms with van der Waals surface area (Å²) in [5.41, 5.74) is 1.62. The van der Waals surface area contributed by atoms with Gasteiger partial charge in [0.2, 0.25) is 5.88 Å². The number of hydrogen-bond donors (Lipinski definition) is 1. The third-order valence-corrected chi connectivity index (χ3v) is 5.15. The molecular weight excluding hydrogens is 362 g/mol. The Labute approximate surface area is 161 Å². The van der Waals surface area contributed by atoms with Crippen LogP contribution >= 0.6 is 0 Å². The van der Waals surface area contributed by atoms with Crippen molar-refractivity contribution in [3.63, 3.8) is 0 Å². The number of esters is 1. The van der Waals surface area contributed by atoms with E-state index in [4.69, 9.17) is 4.74 Å². The van der Waals surface area contributed by atoms with Gasteiger partial charge in [0, 0.05) is 5.92 Å². The van der Waals surface area contributed by atoms with Gasteiger partial charge >= 0.3 is 5.97 Å². The Morgan fingerprint density at radius 2 is 1.89 bits per heavy atom. The van der Waals surface area contributed by atoms with Crippen molar-refractivity contribution in [2.75, 3.05) is 0 Å². The predicted octanol–water partition coefficient (Wildman–Crippen LogP) is 4.87. The van der Waals surface area contributed by atoms with Gasteiger partial charge in [-0.25, -0.2) is 13.8 Å². The number of nitrogens with one attached hydrogen (secondary N) is 1. The number of rotatable bonds is 4. The second-order valence-electron chi connectivity index (χ2n) is 7.41. The van der Waals surface area contributed by atoms with Crippen molar-refractivity contribution in [1.29, 1.82) is 0 Å². The van der Waals surface area contributed by atoms with Crippen LogP contribution in [0.1, 0.15) is 31.0 Å². The fourth-order valence-electron chi connectivity index (χ4n) is 3.85. The number of aromatic nitrogens is 2. The Bertz CT molecular complexity index is 1010. The summed E-state index contributed by atoms with van der Waals surface area (Å²) in [6, 6.07) is 12.9. The maximum absolute atomic E-state index is 14.2. The van der Waals surface area contributed by atoms with Crippen molar-refractivity contribution >= 4 is 5.97 Å². The number of imidazole rings is 1. The van der Waals surface area contributed by atoms with Gasteiger partial charge in [-0.15, -0.1) is 0 Å². The molecule has 0 fully saturated rings. The molecule has 1 aliphatic rings. The first-order valence-electron chi connectivity index (χ1n) is 9.25. The van der Waals surface area contributed by atoms with Crippen LogP contribution in [0.5, 0.6) is 5.88 Å². The summed E-state index contributed by atoms with van der Waals surface area (Å²) < 4.78 is 33.3. The zero-order chi connectivity index (χ0) is 19.8. The van der Waals surface area contributed by atoms with E-state index < -0.39 is 17.6 Å². The van der Waals surface area contributed by atoms with Crippen LogP contribution in [0.15, 0.2) is 48.5 Å². The minimum Gasteiger partial charge on any atom is -0.407 e. The highest BCUT2D eigenvalue weighted by molar-refractivity contribution is 5.79. The topological polar surface area (TPSA) is 55.0 Å². The molecule has 1 aromatic heterocycles. The van der Waals surface area contributed by atoms with E-state index in [1.54, 1.807) is 0 Å². The first-order valence-corrected chi connectivity index (χ1v) is 9.25. The molecule has 0 aliphatic carbocycles. The monoisotopic (exact) mass is 382 g/mol. The molecule has 0 spiro atoms. The molecule has 4 nitrogen and oxygen atoms in total. The zero-order valence-corrected chi connectivity index (χ0v) is 15.6. The third-order valence-electron chi connectivity index (χ3n) is 5.15. The van der Waals surface area contributed by atoms with Gasteiger partial charge in [0.25, 0.3) is 0 Å². The number of ether oxygens (including phenoxy) is 1. The molecule has 0 saturated carbocycles. The van der Waals surface area contributed by atoms with Crippen LogP contribution in [0.2, 0.25) is 0 Å². The number of hydrogen-bond acceptors (Lipinski definition) is 3. The number of H-pyrrole nitrogens is 1. The molecule has 0 bridgehead atoms. The predicted molar refractivity (Wildman–Crippen MR) is 101 cm³/mol. The van der Waals surface area contributed by atoms with Gasteiger partial charge in [-0.3, -0.25) is 4.79 Å².